The molecule has 8 heteroatoms. The van der Waals surface area contributed by atoms with E-state index in [-0.39, 0.29) is 22.7 Å². The van der Waals surface area contributed by atoms with Crippen LogP contribution >= 0.6 is 0 Å². The van der Waals surface area contributed by atoms with Crippen LogP contribution in [0.4, 0.5) is 4.79 Å². The van der Waals surface area contributed by atoms with Crippen LogP contribution in [0.15, 0.2) is 30.5 Å². The molecule has 3 aliphatic rings. The normalized spacial score (nSPS) is 25.8. The molecule has 1 amide bonds. The van der Waals surface area contributed by atoms with Crippen LogP contribution < -0.4 is 5.46 Å². The first kappa shape index (κ1) is 19.6. The predicted molar refractivity (Wildman–Crippen MR) is 113 cm³/mol. The third-order valence-corrected chi connectivity index (χ3v) is 7.37. The molecule has 2 aliphatic heterocycles. The average Bonchev–Trinajstić information content (AvgIpc) is 3.01. The van der Waals surface area contributed by atoms with Gasteiger partial charge in [0.1, 0.15) is 5.82 Å². The highest BCUT2D eigenvalue weighted by Gasteiger charge is 2.54. The summed E-state index contributed by atoms with van der Waals surface area (Å²) in [6.45, 7) is 8.79. The quantitative estimate of drug-likeness (QED) is 0.757. The molecule has 1 aromatic heterocycles. The number of likely N-dealkylation sites (tertiary alicyclic amines) is 1. The number of benzene rings is 1. The molecule has 5 rings (SSSR count). The molecular formula is C22H28BN3O4. The minimum absolute atomic E-state index is 0.181. The van der Waals surface area contributed by atoms with Crippen molar-refractivity contribution in [2.45, 2.75) is 64.2 Å². The van der Waals surface area contributed by atoms with Crippen LogP contribution in [0.5, 0.6) is 0 Å². The Morgan fingerprint density at radius 1 is 1.17 bits per heavy atom. The minimum Gasteiger partial charge on any atom is -0.465 e. The first-order chi connectivity index (χ1) is 14.1. The number of nitrogens with one attached hydrogen (secondary N) is 1. The second kappa shape index (κ2) is 6.34. The number of aromatic amines is 1. The fourth-order valence-electron chi connectivity index (χ4n) is 4.49. The van der Waals surface area contributed by atoms with Gasteiger partial charge in [-0.3, -0.25) is 4.90 Å². The predicted octanol–water partition coefficient (Wildman–Crippen LogP) is 3.58. The molecule has 3 heterocycles. The van der Waals surface area contributed by atoms with Gasteiger partial charge in [0.15, 0.2) is 0 Å². The summed E-state index contributed by atoms with van der Waals surface area (Å²) in [7, 11) is -0.390. The maximum absolute atomic E-state index is 11.7. The smallest absolute Gasteiger partial charge is 0.465 e. The first-order valence-electron chi connectivity index (χ1n) is 10.6. The molecule has 0 radical (unpaired) electrons. The van der Waals surface area contributed by atoms with E-state index in [0.29, 0.717) is 6.54 Å². The summed E-state index contributed by atoms with van der Waals surface area (Å²) < 4.78 is 12.2. The highest BCUT2D eigenvalue weighted by molar-refractivity contribution is 6.62. The lowest BCUT2D eigenvalue weighted by Crippen LogP contribution is -2.41. The van der Waals surface area contributed by atoms with Crippen LogP contribution in [0.3, 0.4) is 0 Å². The zero-order valence-corrected chi connectivity index (χ0v) is 17.9. The summed E-state index contributed by atoms with van der Waals surface area (Å²) in [6.07, 6.45) is 4.00. The van der Waals surface area contributed by atoms with Crippen molar-refractivity contribution in [1.29, 1.82) is 0 Å². The highest BCUT2D eigenvalue weighted by atomic mass is 16.7. The minimum atomic E-state index is -0.867. The molecule has 2 aromatic rings. The molecule has 1 saturated carbocycles. The van der Waals surface area contributed by atoms with Crippen LogP contribution in [0.1, 0.15) is 58.8 Å². The monoisotopic (exact) mass is 409 g/mol. The van der Waals surface area contributed by atoms with Crippen molar-refractivity contribution in [3.63, 3.8) is 0 Å². The largest absolute Gasteiger partial charge is 0.494 e. The van der Waals surface area contributed by atoms with Gasteiger partial charge in [0.2, 0.25) is 0 Å². The van der Waals surface area contributed by atoms with E-state index in [1.165, 1.54) is 4.90 Å². The molecule has 1 atom stereocenters. The number of hydrogen-bond acceptors (Lipinski definition) is 4. The molecule has 2 saturated heterocycles. The fourth-order valence-corrected chi connectivity index (χ4v) is 4.49. The molecular weight excluding hydrogens is 381 g/mol. The van der Waals surface area contributed by atoms with Gasteiger partial charge in [0.05, 0.1) is 29.1 Å². The Morgan fingerprint density at radius 2 is 1.80 bits per heavy atom. The van der Waals surface area contributed by atoms with E-state index in [0.717, 1.165) is 41.8 Å². The van der Waals surface area contributed by atoms with Gasteiger partial charge in [0.25, 0.3) is 0 Å². The number of aromatic nitrogens is 2. The lowest BCUT2D eigenvalue weighted by Gasteiger charge is -2.32. The van der Waals surface area contributed by atoms with E-state index in [1.807, 2.05) is 52.0 Å². The fraction of sp³-hybridized carbons (Fsp3) is 0.545. The molecule has 1 aliphatic carbocycles. The number of amides is 1. The Morgan fingerprint density at radius 3 is 2.37 bits per heavy atom. The topological polar surface area (TPSA) is 87.7 Å². The Balaban J connectivity index is 1.34. The maximum Gasteiger partial charge on any atom is 0.494 e. The Hall–Kier alpha value is -2.32. The Bertz CT molecular complexity index is 965. The Labute approximate surface area is 176 Å². The maximum atomic E-state index is 11.7. The molecule has 30 heavy (non-hydrogen) atoms. The number of carbonyl (C=O) groups is 1. The van der Waals surface area contributed by atoms with Gasteiger partial charge in [-0.1, -0.05) is 24.3 Å². The van der Waals surface area contributed by atoms with E-state index in [4.69, 9.17) is 9.31 Å². The van der Waals surface area contributed by atoms with Crippen LogP contribution in [0, 0.1) is 5.41 Å². The second-order valence-electron chi connectivity index (χ2n) is 10.0. The van der Waals surface area contributed by atoms with Gasteiger partial charge in [0, 0.05) is 6.54 Å². The van der Waals surface area contributed by atoms with E-state index in [9.17, 15) is 9.90 Å². The van der Waals surface area contributed by atoms with Crippen molar-refractivity contribution in [2.75, 3.05) is 6.54 Å². The van der Waals surface area contributed by atoms with Crippen LogP contribution in [0.2, 0.25) is 0 Å². The highest BCUT2D eigenvalue weighted by Crippen LogP contribution is 2.58. The number of carboxylic acid groups (broad SMARTS) is 1. The molecule has 158 valence electrons. The van der Waals surface area contributed by atoms with Crippen LogP contribution in [0.25, 0.3) is 11.3 Å². The van der Waals surface area contributed by atoms with E-state index in [1.54, 1.807) is 6.20 Å². The summed E-state index contributed by atoms with van der Waals surface area (Å²) in [5.74, 6) is 0.728. The summed E-state index contributed by atoms with van der Waals surface area (Å²) in [5.41, 5.74) is 2.29. The molecule has 1 aromatic carbocycles. The van der Waals surface area contributed by atoms with Crippen molar-refractivity contribution in [3.05, 3.63) is 36.3 Å². The number of rotatable bonds is 3. The summed E-state index contributed by atoms with van der Waals surface area (Å²) >= 11 is 0. The number of H-pyrrole nitrogens is 1. The van der Waals surface area contributed by atoms with Gasteiger partial charge in [-0.2, -0.15) is 0 Å². The standard InChI is InChI=1S/C22H28BN3O4/c1-20(2)21(3,4)30-23(29-20)15-7-5-14(6-8-15)16-12-24-18(25-16)17-11-22(9-10-22)13-26(17)19(27)28/h5-8,12,17H,9-11,13H2,1-4H3,(H,24,25)(H,27,28). The molecule has 1 spiro atoms. The summed E-state index contributed by atoms with van der Waals surface area (Å²) in [6, 6.07) is 7.86. The molecule has 2 N–H and O–H groups in total. The third-order valence-electron chi connectivity index (χ3n) is 7.37. The second-order valence-corrected chi connectivity index (χ2v) is 10.0. The zero-order chi connectivity index (χ0) is 21.3. The Kier molecular flexibility index (Phi) is 4.15. The van der Waals surface area contributed by atoms with E-state index in [2.05, 4.69) is 9.97 Å². The van der Waals surface area contributed by atoms with Crippen molar-refractivity contribution in [1.82, 2.24) is 14.9 Å². The summed E-state index contributed by atoms with van der Waals surface area (Å²) in [4.78, 5) is 21.1. The first-order valence-corrected chi connectivity index (χ1v) is 10.6. The van der Waals surface area contributed by atoms with Gasteiger partial charge in [-0.15, -0.1) is 0 Å². The van der Waals surface area contributed by atoms with E-state index >= 15 is 0 Å². The van der Waals surface area contributed by atoms with Gasteiger partial charge >= 0.3 is 13.2 Å². The number of hydrogen-bond donors (Lipinski definition) is 2. The van der Waals surface area contributed by atoms with Gasteiger partial charge in [-0.25, -0.2) is 9.78 Å². The third kappa shape index (κ3) is 3.13. The van der Waals surface area contributed by atoms with Crippen molar-refractivity contribution in [3.8, 4) is 11.3 Å². The average molecular weight is 409 g/mol. The van der Waals surface area contributed by atoms with Crippen molar-refractivity contribution < 1.29 is 19.2 Å². The van der Waals surface area contributed by atoms with Crippen LogP contribution in [-0.2, 0) is 9.31 Å². The number of imidazole rings is 1. The lowest BCUT2D eigenvalue weighted by molar-refractivity contribution is 0.00578. The molecule has 0 bridgehead atoms. The van der Waals surface area contributed by atoms with E-state index < -0.39 is 13.2 Å². The van der Waals surface area contributed by atoms with Crippen LogP contribution in [-0.4, -0.2) is 50.9 Å². The molecule has 7 nitrogen and oxygen atoms in total. The van der Waals surface area contributed by atoms with Gasteiger partial charge < -0.3 is 19.4 Å². The lowest BCUT2D eigenvalue weighted by atomic mass is 9.79. The summed E-state index contributed by atoms with van der Waals surface area (Å²) in [5, 5.41) is 9.60. The molecule has 1 unspecified atom stereocenters. The van der Waals surface area contributed by atoms with Crippen molar-refractivity contribution >= 4 is 18.7 Å². The SMILES string of the molecule is CC1(C)OB(c2ccc(-c3cnc(C4CC5(CC5)CN4C(=O)O)[nH]3)cc2)OC1(C)C. The van der Waals surface area contributed by atoms with Gasteiger partial charge in [-0.05, 0) is 63.4 Å². The van der Waals surface area contributed by atoms with Crippen molar-refractivity contribution in [2.24, 2.45) is 5.41 Å². The molecule has 3 fully saturated rings. The number of nitrogens with zero attached hydrogens (tertiary/aromatic N) is 2. The zero-order valence-electron chi connectivity index (χ0n) is 17.9.